The fourth-order valence-corrected chi connectivity index (χ4v) is 5.03. The molecular formula is C19H28O4. The molecule has 0 unspecified atom stereocenters. The molecule has 3 aliphatic rings. The molecule has 5 atom stereocenters. The highest BCUT2D eigenvalue weighted by Gasteiger charge is 2.69. The molecule has 0 N–H and O–H groups in total. The minimum absolute atomic E-state index is 0.00746. The van der Waals surface area contributed by atoms with Crippen molar-refractivity contribution in [1.82, 2.24) is 0 Å². The Kier molecular flexibility index (Phi) is 3.85. The second-order valence-electron chi connectivity index (χ2n) is 8.28. The molecule has 128 valence electrons. The smallest absolute Gasteiger partial charge is 0.320 e. The lowest BCUT2D eigenvalue weighted by Gasteiger charge is -2.43. The number of rotatable bonds is 2. The van der Waals surface area contributed by atoms with Gasteiger partial charge in [0, 0.05) is 5.92 Å². The van der Waals surface area contributed by atoms with Gasteiger partial charge in [0.05, 0.1) is 5.92 Å². The first-order valence-electron chi connectivity index (χ1n) is 8.79. The maximum atomic E-state index is 12.7. The Labute approximate surface area is 138 Å². The van der Waals surface area contributed by atoms with Gasteiger partial charge in [0.15, 0.2) is 0 Å². The average molecular weight is 320 g/mol. The lowest BCUT2D eigenvalue weighted by Crippen LogP contribution is -2.43. The van der Waals surface area contributed by atoms with Crippen LogP contribution in [0, 0.1) is 28.6 Å². The molecule has 1 spiro atoms. The zero-order valence-electron chi connectivity index (χ0n) is 14.7. The van der Waals surface area contributed by atoms with Crippen LogP contribution in [-0.2, 0) is 19.1 Å². The van der Waals surface area contributed by atoms with Crippen LogP contribution < -0.4 is 0 Å². The van der Waals surface area contributed by atoms with E-state index < -0.39 is 11.5 Å². The van der Waals surface area contributed by atoms with Crippen LogP contribution >= 0.6 is 0 Å². The molecular weight excluding hydrogens is 292 g/mol. The van der Waals surface area contributed by atoms with Crippen molar-refractivity contribution in [3.63, 3.8) is 0 Å². The fraction of sp³-hybridized carbons (Fsp3) is 0.789. The zero-order valence-corrected chi connectivity index (χ0v) is 14.7. The Morgan fingerprint density at radius 1 is 1.39 bits per heavy atom. The Bertz CT molecular complexity index is 534. The summed E-state index contributed by atoms with van der Waals surface area (Å²) >= 11 is 0. The maximum Gasteiger partial charge on any atom is 0.320 e. The van der Waals surface area contributed by atoms with Crippen molar-refractivity contribution in [2.24, 2.45) is 28.6 Å². The number of fused-ring (bicyclic) bond motifs is 1. The highest BCUT2D eigenvalue weighted by Crippen LogP contribution is 2.65. The van der Waals surface area contributed by atoms with Gasteiger partial charge in [-0.2, -0.15) is 0 Å². The number of carbonyl (C=O) groups excluding carboxylic acids is 2. The predicted octanol–water partition coefficient (Wildman–Crippen LogP) is 3.50. The second kappa shape index (κ2) is 5.35. The molecule has 2 aliphatic carbocycles. The van der Waals surface area contributed by atoms with E-state index in [-0.39, 0.29) is 35.8 Å². The number of esters is 2. The summed E-state index contributed by atoms with van der Waals surface area (Å²) in [5.41, 5.74) is -0.0541. The van der Waals surface area contributed by atoms with Crippen LogP contribution in [0.5, 0.6) is 0 Å². The topological polar surface area (TPSA) is 52.6 Å². The molecule has 23 heavy (non-hydrogen) atoms. The van der Waals surface area contributed by atoms with E-state index in [0.717, 1.165) is 24.8 Å². The Hall–Kier alpha value is -1.32. The molecule has 3 rings (SSSR count). The lowest BCUT2D eigenvalue weighted by atomic mass is 9.63. The number of hydrogen-bond donors (Lipinski definition) is 0. The molecule has 4 heteroatoms. The summed E-state index contributed by atoms with van der Waals surface area (Å²) in [6.45, 7) is 12.5. The third-order valence-electron chi connectivity index (χ3n) is 6.72. The minimum atomic E-state index is -0.831. The summed E-state index contributed by atoms with van der Waals surface area (Å²) in [6, 6.07) is 0. The van der Waals surface area contributed by atoms with Crippen LogP contribution in [0.25, 0.3) is 0 Å². The van der Waals surface area contributed by atoms with Crippen molar-refractivity contribution < 1.29 is 19.1 Å². The molecule has 1 aliphatic heterocycles. The van der Waals surface area contributed by atoms with Crippen LogP contribution in [-0.4, -0.2) is 24.6 Å². The van der Waals surface area contributed by atoms with Crippen molar-refractivity contribution >= 4 is 11.9 Å². The van der Waals surface area contributed by atoms with Gasteiger partial charge in [0.2, 0.25) is 0 Å². The van der Waals surface area contributed by atoms with E-state index in [0.29, 0.717) is 12.3 Å². The molecule has 0 bridgehead atoms. The molecule has 4 nitrogen and oxygen atoms in total. The van der Waals surface area contributed by atoms with Gasteiger partial charge in [-0.1, -0.05) is 47.1 Å². The number of ether oxygens (including phenoxy) is 2. The largest absolute Gasteiger partial charge is 0.460 e. The second-order valence-corrected chi connectivity index (χ2v) is 8.28. The van der Waals surface area contributed by atoms with Gasteiger partial charge in [0.25, 0.3) is 0 Å². The number of hydrogen-bond acceptors (Lipinski definition) is 4. The molecule has 0 amide bonds. The van der Waals surface area contributed by atoms with Gasteiger partial charge in [0.1, 0.15) is 18.1 Å². The number of cyclic esters (lactones) is 1. The quantitative estimate of drug-likeness (QED) is 0.577. The first-order valence-corrected chi connectivity index (χ1v) is 8.79. The van der Waals surface area contributed by atoms with Crippen molar-refractivity contribution in [2.75, 3.05) is 6.61 Å². The van der Waals surface area contributed by atoms with Crippen LogP contribution in [0.1, 0.15) is 53.4 Å². The van der Waals surface area contributed by atoms with E-state index >= 15 is 0 Å². The fourth-order valence-electron chi connectivity index (χ4n) is 5.03. The van der Waals surface area contributed by atoms with Gasteiger partial charge < -0.3 is 9.47 Å². The van der Waals surface area contributed by atoms with Gasteiger partial charge >= 0.3 is 11.9 Å². The minimum Gasteiger partial charge on any atom is -0.460 e. The van der Waals surface area contributed by atoms with Gasteiger partial charge in [-0.25, -0.2) is 0 Å². The van der Waals surface area contributed by atoms with Gasteiger partial charge in [-0.15, -0.1) is 0 Å². The molecule has 2 saturated carbocycles. The zero-order chi connectivity index (χ0) is 17.0. The maximum absolute atomic E-state index is 12.7. The predicted molar refractivity (Wildman–Crippen MR) is 86.5 cm³/mol. The van der Waals surface area contributed by atoms with Crippen molar-refractivity contribution in [2.45, 2.75) is 59.5 Å². The van der Waals surface area contributed by atoms with Gasteiger partial charge in [-0.3, -0.25) is 9.59 Å². The van der Waals surface area contributed by atoms with E-state index in [9.17, 15) is 9.59 Å². The first kappa shape index (κ1) is 16.5. The molecule has 1 saturated heterocycles. The monoisotopic (exact) mass is 320 g/mol. The summed E-state index contributed by atoms with van der Waals surface area (Å²) in [7, 11) is 0. The Morgan fingerprint density at radius 3 is 2.65 bits per heavy atom. The first-order chi connectivity index (χ1) is 10.7. The van der Waals surface area contributed by atoms with Crippen molar-refractivity contribution in [3.8, 4) is 0 Å². The van der Waals surface area contributed by atoms with Crippen LogP contribution in [0.2, 0.25) is 0 Å². The van der Waals surface area contributed by atoms with E-state index in [1.807, 2.05) is 13.8 Å². The Balaban J connectivity index is 2.05. The average Bonchev–Trinajstić information content (AvgIpc) is 2.91. The molecule has 0 aromatic heterocycles. The summed E-state index contributed by atoms with van der Waals surface area (Å²) in [4.78, 5) is 25.0. The highest BCUT2D eigenvalue weighted by molar-refractivity contribution is 5.86. The summed E-state index contributed by atoms with van der Waals surface area (Å²) in [5, 5.41) is 0. The molecule has 1 heterocycles. The SMILES string of the molecule is C=C1COC(=O)[C@]12C[C@@]1(C)[C@H](CCC[C@@H]1C)[C@H]2OC(=O)C(C)C. The normalized spacial score (nSPS) is 42.9. The Morgan fingerprint density at radius 2 is 2.09 bits per heavy atom. The molecule has 0 radical (unpaired) electrons. The third kappa shape index (κ3) is 2.17. The molecule has 0 aromatic rings. The van der Waals surface area contributed by atoms with Gasteiger partial charge in [-0.05, 0) is 29.7 Å². The van der Waals surface area contributed by atoms with E-state index in [1.165, 1.54) is 0 Å². The summed E-state index contributed by atoms with van der Waals surface area (Å²) in [5.74, 6) is 0.0280. The number of carbonyl (C=O) groups is 2. The summed E-state index contributed by atoms with van der Waals surface area (Å²) < 4.78 is 11.3. The molecule has 0 aromatic carbocycles. The highest BCUT2D eigenvalue weighted by atomic mass is 16.6. The molecule has 3 fully saturated rings. The van der Waals surface area contributed by atoms with E-state index in [2.05, 4.69) is 20.4 Å². The van der Waals surface area contributed by atoms with Crippen LogP contribution in [0.3, 0.4) is 0 Å². The summed E-state index contributed by atoms with van der Waals surface area (Å²) in [6.07, 6.45) is 3.55. The standard InChI is InChI=1S/C19H28O4/c1-11(2)16(20)23-15-14-8-6-7-12(3)18(14,5)10-19(15)13(4)9-22-17(19)21/h11-12,14-15H,4,6-10H2,1-3,5H3/t12-,14+,15+,18+,19+/m0/s1. The van der Waals surface area contributed by atoms with Crippen molar-refractivity contribution in [3.05, 3.63) is 12.2 Å². The van der Waals surface area contributed by atoms with E-state index in [4.69, 9.17) is 9.47 Å². The van der Waals surface area contributed by atoms with E-state index in [1.54, 1.807) is 0 Å². The lowest BCUT2D eigenvalue weighted by molar-refractivity contribution is -0.166. The van der Waals surface area contributed by atoms with Crippen LogP contribution in [0.4, 0.5) is 0 Å². The third-order valence-corrected chi connectivity index (χ3v) is 6.72. The van der Waals surface area contributed by atoms with Crippen molar-refractivity contribution in [1.29, 1.82) is 0 Å². The van der Waals surface area contributed by atoms with Crippen LogP contribution in [0.15, 0.2) is 12.2 Å².